The van der Waals surface area contributed by atoms with Crippen LogP contribution in [0, 0.1) is 11.3 Å². The van der Waals surface area contributed by atoms with E-state index >= 15 is 0 Å². The predicted octanol–water partition coefficient (Wildman–Crippen LogP) is 3.26. The first kappa shape index (κ1) is 15.5. The molecule has 3 heteroatoms. The average Bonchev–Trinajstić information content (AvgIpc) is 2.21. The molecule has 1 fully saturated rings. The van der Waals surface area contributed by atoms with E-state index in [-0.39, 0.29) is 12.1 Å². The van der Waals surface area contributed by atoms with Gasteiger partial charge in [0.05, 0.1) is 0 Å². The summed E-state index contributed by atoms with van der Waals surface area (Å²) in [6.07, 6.45) is 6.87. The molecule has 0 aromatic carbocycles. The highest BCUT2D eigenvalue weighted by atomic mass is 16.5. The number of carbonyl (C=O) groups is 1. The highest BCUT2D eigenvalue weighted by molar-refractivity contribution is 5.69. The minimum Gasteiger partial charge on any atom is -0.462 e. The van der Waals surface area contributed by atoms with Crippen LogP contribution in [0.2, 0.25) is 0 Å². The fraction of sp³-hybridized carbons (Fsp3) is 0.933. The van der Waals surface area contributed by atoms with E-state index in [4.69, 9.17) is 10.5 Å². The number of ether oxygens (including phenoxy) is 1. The molecule has 0 spiro atoms. The topological polar surface area (TPSA) is 52.3 Å². The Bertz CT molecular complexity index is 263. The van der Waals surface area contributed by atoms with Crippen LogP contribution < -0.4 is 5.73 Å². The monoisotopic (exact) mass is 255 g/mol. The van der Waals surface area contributed by atoms with Gasteiger partial charge in [-0.3, -0.25) is 4.79 Å². The summed E-state index contributed by atoms with van der Waals surface area (Å²) in [5.74, 6) is 0.630. The zero-order chi connectivity index (χ0) is 13.6. The average molecular weight is 255 g/mol. The van der Waals surface area contributed by atoms with Crippen LogP contribution in [-0.4, -0.2) is 18.6 Å². The number of hydrogen-bond donors (Lipinski definition) is 1. The first-order valence-corrected chi connectivity index (χ1v) is 7.32. The largest absolute Gasteiger partial charge is 0.462 e. The van der Waals surface area contributed by atoms with E-state index in [9.17, 15) is 4.79 Å². The summed E-state index contributed by atoms with van der Waals surface area (Å²) in [6.45, 7) is 7.50. The molecule has 0 heterocycles. The second kappa shape index (κ2) is 7.13. The van der Waals surface area contributed by atoms with Gasteiger partial charge in [-0.25, -0.2) is 0 Å². The highest BCUT2D eigenvalue weighted by Gasteiger charge is 2.33. The SMILES string of the molecule is CC1CC(OC(=O)CCCCCN)CC(C)(C)C1. The van der Waals surface area contributed by atoms with Gasteiger partial charge in [-0.2, -0.15) is 0 Å². The second-order valence-electron chi connectivity index (χ2n) is 6.62. The third kappa shape index (κ3) is 5.85. The van der Waals surface area contributed by atoms with Gasteiger partial charge in [0.1, 0.15) is 6.10 Å². The Morgan fingerprint density at radius 1 is 1.28 bits per heavy atom. The maximum absolute atomic E-state index is 11.7. The zero-order valence-corrected chi connectivity index (χ0v) is 12.2. The molecule has 18 heavy (non-hydrogen) atoms. The van der Waals surface area contributed by atoms with Crippen molar-refractivity contribution >= 4 is 5.97 Å². The minimum absolute atomic E-state index is 0.0260. The molecule has 1 aliphatic carbocycles. The van der Waals surface area contributed by atoms with Crippen LogP contribution in [0.15, 0.2) is 0 Å². The molecule has 0 aromatic heterocycles. The van der Waals surface area contributed by atoms with Gasteiger partial charge in [-0.1, -0.05) is 27.2 Å². The smallest absolute Gasteiger partial charge is 0.306 e. The molecule has 1 rings (SSSR count). The van der Waals surface area contributed by atoms with E-state index in [0.29, 0.717) is 24.3 Å². The van der Waals surface area contributed by atoms with Crippen molar-refractivity contribution in [2.24, 2.45) is 17.1 Å². The van der Waals surface area contributed by atoms with Gasteiger partial charge in [0.15, 0.2) is 0 Å². The zero-order valence-electron chi connectivity index (χ0n) is 12.2. The lowest BCUT2D eigenvalue weighted by Crippen LogP contribution is -2.33. The Morgan fingerprint density at radius 2 is 2.00 bits per heavy atom. The van der Waals surface area contributed by atoms with Crippen molar-refractivity contribution < 1.29 is 9.53 Å². The summed E-state index contributed by atoms with van der Waals surface area (Å²) >= 11 is 0. The fourth-order valence-corrected chi connectivity index (χ4v) is 3.18. The molecule has 2 N–H and O–H groups in total. The molecular weight excluding hydrogens is 226 g/mol. The van der Waals surface area contributed by atoms with Crippen molar-refractivity contribution in [2.75, 3.05) is 6.54 Å². The van der Waals surface area contributed by atoms with E-state index in [1.54, 1.807) is 0 Å². The van der Waals surface area contributed by atoms with E-state index in [2.05, 4.69) is 20.8 Å². The van der Waals surface area contributed by atoms with Crippen LogP contribution in [0.3, 0.4) is 0 Å². The Labute approximate surface area is 111 Å². The molecule has 0 aliphatic heterocycles. The van der Waals surface area contributed by atoms with Crippen molar-refractivity contribution in [1.29, 1.82) is 0 Å². The maximum atomic E-state index is 11.7. The van der Waals surface area contributed by atoms with Gasteiger partial charge in [0.25, 0.3) is 0 Å². The number of nitrogens with two attached hydrogens (primary N) is 1. The standard InChI is InChI=1S/C15H29NO2/c1-12-9-13(11-15(2,3)10-12)18-14(17)7-5-4-6-8-16/h12-13H,4-11,16H2,1-3H3. The number of esters is 1. The first-order chi connectivity index (χ1) is 8.43. The Kier molecular flexibility index (Phi) is 6.13. The summed E-state index contributed by atoms with van der Waals surface area (Å²) in [6, 6.07) is 0. The van der Waals surface area contributed by atoms with Crippen LogP contribution in [0.4, 0.5) is 0 Å². The number of hydrogen-bond acceptors (Lipinski definition) is 3. The molecule has 1 saturated carbocycles. The van der Waals surface area contributed by atoms with Crippen molar-refractivity contribution in [2.45, 2.75) is 71.8 Å². The van der Waals surface area contributed by atoms with Gasteiger partial charge >= 0.3 is 5.97 Å². The molecule has 0 bridgehead atoms. The van der Waals surface area contributed by atoms with Crippen LogP contribution in [0.25, 0.3) is 0 Å². The maximum Gasteiger partial charge on any atom is 0.306 e. The van der Waals surface area contributed by atoms with Crippen LogP contribution in [-0.2, 0) is 9.53 Å². The summed E-state index contributed by atoms with van der Waals surface area (Å²) in [4.78, 5) is 11.7. The summed E-state index contributed by atoms with van der Waals surface area (Å²) < 4.78 is 5.61. The summed E-state index contributed by atoms with van der Waals surface area (Å²) in [7, 11) is 0. The molecule has 0 radical (unpaired) electrons. The third-order valence-electron chi connectivity index (χ3n) is 3.73. The first-order valence-electron chi connectivity index (χ1n) is 7.32. The molecule has 0 saturated heterocycles. The molecule has 2 unspecified atom stereocenters. The number of carbonyl (C=O) groups excluding carboxylic acids is 1. The lowest BCUT2D eigenvalue weighted by molar-refractivity contribution is -0.153. The van der Waals surface area contributed by atoms with E-state index in [0.717, 1.165) is 32.1 Å². The second-order valence-corrected chi connectivity index (χ2v) is 6.62. The lowest BCUT2D eigenvalue weighted by Gasteiger charge is -2.38. The van der Waals surface area contributed by atoms with Gasteiger partial charge in [-0.05, 0) is 50.0 Å². The van der Waals surface area contributed by atoms with Gasteiger partial charge < -0.3 is 10.5 Å². The molecule has 2 atom stereocenters. The Morgan fingerprint density at radius 3 is 2.61 bits per heavy atom. The molecule has 1 aliphatic rings. The molecule has 0 aromatic rings. The third-order valence-corrected chi connectivity index (χ3v) is 3.73. The normalized spacial score (nSPS) is 26.9. The van der Waals surface area contributed by atoms with Gasteiger partial charge in [0.2, 0.25) is 0 Å². The predicted molar refractivity (Wildman–Crippen MR) is 74.2 cm³/mol. The molecule has 106 valence electrons. The van der Waals surface area contributed by atoms with Crippen molar-refractivity contribution in [3.63, 3.8) is 0 Å². The Hall–Kier alpha value is -0.570. The van der Waals surface area contributed by atoms with Crippen LogP contribution in [0.5, 0.6) is 0 Å². The van der Waals surface area contributed by atoms with Gasteiger partial charge in [-0.15, -0.1) is 0 Å². The quantitative estimate of drug-likeness (QED) is 0.585. The van der Waals surface area contributed by atoms with Crippen molar-refractivity contribution in [3.05, 3.63) is 0 Å². The fourth-order valence-electron chi connectivity index (χ4n) is 3.18. The van der Waals surface area contributed by atoms with Gasteiger partial charge in [0, 0.05) is 6.42 Å². The highest BCUT2D eigenvalue weighted by Crippen LogP contribution is 2.39. The summed E-state index contributed by atoms with van der Waals surface area (Å²) in [5.41, 5.74) is 5.73. The van der Waals surface area contributed by atoms with E-state index in [1.165, 1.54) is 6.42 Å². The van der Waals surface area contributed by atoms with E-state index in [1.807, 2.05) is 0 Å². The van der Waals surface area contributed by atoms with Crippen molar-refractivity contribution in [3.8, 4) is 0 Å². The number of rotatable bonds is 6. The molecule has 3 nitrogen and oxygen atoms in total. The van der Waals surface area contributed by atoms with E-state index < -0.39 is 0 Å². The lowest BCUT2D eigenvalue weighted by atomic mass is 9.71. The van der Waals surface area contributed by atoms with Crippen LogP contribution in [0.1, 0.15) is 65.7 Å². The Balaban J connectivity index is 2.26. The van der Waals surface area contributed by atoms with Crippen LogP contribution >= 0.6 is 0 Å². The molecular formula is C15H29NO2. The van der Waals surface area contributed by atoms with Crippen molar-refractivity contribution in [1.82, 2.24) is 0 Å². The number of unbranched alkanes of at least 4 members (excludes halogenated alkanes) is 2. The molecule has 0 amide bonds. The summed E-state index contributed by atoms with van der Waals surface area (Å²) in [5, 5.41) is 0. The minimum atomic E-state index is -0.0260.